The Hall–Kier alpha value is -2.73. The van der Waals surface area contributed by atoms with E-state index < -0.39 is 11.6 Å². The van der Waals surface area contributed by atoms with Crippen LogP contribution in [0.3, 0.4) is 0 Å². The first-order valence-corrected chi connectivity index (χ1v) is 7.90. The molecule has 7 heteroatoms. The van der Waals surface area contributed by atoms with Crippen molar-refractivity contribution >= 4 is 23.2 Å². The largest absolute Gasteiger partial charge is 0.350 e. The molecule has 0 amide bonds. The first-order valence-electron chi connectivity index (χ1n) is 7.52. The van der Waals surface area contributed by atoms with Gasteiger partial charge in [-0.05, 0) is 12.1 Å². The van der Waals surface area contributed by atoms with Crippen molar-refractivity contribution in [3.63, 3.8) is 0 Å². The van der Waals surface area contributed by atoms with Crippen LogP contribution < -0.4 is 4.90 Å². The second-order valence-corrected chi connectivity index (χ2v) is 5.64. The maximum atomic E-state index is 14.4. The lowest BCUT2D eigenvalue weighted by molar-refractivity contribution is 0.589. The van der Waals surface area contributed by atoms with E-state index in [-0.39, 0.29) is 16.3 Å². The highest BCUT2D eigenvalue weighted by molar-refractivity contribution is 6.33. The SMILES string of the molecule is C=CCN(CC=C)c1c(-c2c(F)cccc2F)c(Cl)nc2nccn12. The van der Waals surface area contributed by atoms with E-state index in [0.717, 1.165) is 0 Å². The van der Waals surface area contributed by atoms with Crippen LogP contribution >= 0.6 is 11.6 Å². The maximum absolute atomic E-state index is 14.4. The molecule has 3 rings (SSSR count). The second kappa shape index (κ2) is 7.03. The lowest BCUT2D eigenvalue weighted by Gasteiger charge is -2.26. The van der Waals surface area contributed by atoms with E-state index in [1.807, 2.05) is 4.90 Å². The number of nitrogens with zero attached hydrogens (tertiary/aromatic N) is 4. The van der Waals surface area contributed by atoms with Crippen LogP contribution in [0.5, 0.6) is 0 Å². The van der Waals surface area contributed by atoms with E-state index in [4.69, 9.17) is 11.6 Å². The van der Waals surface area contributed by atoms with Gasteiger partial charge in [0.05, 0.1) is 11.1 Å². The normalized spacial score (nSPS) is 10.8. The monoisotopic (exact) mass is 360 g/mol. The number of rotatable bonds is 6. The molecule has 0 spiro atoms. The molecular formula is C18H15ClF2N4. The summed E-state index contributed by atoms with van der Waals surface area (Å²) in [6, 6.07) is 3.67. The van der Waals surface area contributed by atoms with Crippen molar-refractivity contribution in [2.75, 3.05) is 18.0 Å². The Morgan fingerprint density at radius 3 is 2.36 bits per heavy atom. The van der Waals surface area contributed by atoms with Gasteiger partial charge in [-0.2, -0.15) is 4.98 Å². The Kier molecular flexibility index (Phi) is 4.81. The zero-order chi connectivity index (χ0) is 18.0. The summed E-state index contributed by atoms with van der Waals surface area (Å²) in [6.07, 6.45) is 6.57. The van der Waals surface area contributed by atoms with Crippen molar-refractivity contribution in [3.8, 4) is 11.1 Å². The van der Waals surface area contributed by atoms with Crippen LogP contribution in [-0.2, 0) is 0 Å². The van der Waals surface area contributed by atoms with E-state index in [2.05, 4.69) is 23.1 Å². The Labute approximate surface area is 148 Å². The molecule has 0 radical (unpaired) electrons. The van der Waals surface area contributed by atoms with E-state index in [1.165, 1.54) is 18.2 Å². The molecule has 0 aliphatic carbocycles. The molecular weight excluding hydrogens is 346 g/mol. The van der Waals surface area contributed by atoms with E-state index >= 15 is 0 Å². The number of hydrogen-bond acceptors (Lipinski definition) is 3. The molecule has 0 unspecified atom stereocenters. The summed E-state index contributed by atoms with van der Waals surface area (Å²) >= 11 is 6.31. The first kappa shape index (κ1) is 17.1. The van der Waals surface area contributed by atoms with Crippen LogP contribution in [0.15, 0.2) is 55.9 Å². The molecule has 0 N–H and O–H groups in total. The van der Waals surface area contributed by atoms with Gasteiger partial charge < -0.3 is 4.90 Å². The molecule has 2 aromatic heterocycles. The van der Waals surface area contributed by atoms with Crippen molar-refractivity contribution in [3.05, 3.63) is 72.7 Å². The Balaban J connectivity index is 2.41. The average molecular weight is 361 g/mol. The molecule has 128 valence electrons. The zero-order valence-corrected chi connectivity index (χ0v) is 14.0. The van der Waals surface area contributed by atoms with Crippen LogP contribution in [0.2, 0.25) is 5.15 Å². The number of imidazole rings is 1. The summed E-state index contributed by atoms with van der Waals surface area (Å²) in [5.74, 6) is -0.641. The number of aromatic nitrogens is 3. The predicted molar refractivity (Wildman–Crippen MR) is 96.0 cm³/mol. The lowest BCUT2D eigenvalue weighted by atomic mass is 10.1. The van der Waals surface area contributed by atoms with Crippen LogP contribution in [0.4, 0.5) is 14.6 Å². The molecule has 0 aliphatic heterocycles. The molecule has 3 aromatic rings. The maximum Gasteiger partial charge on any atom is 0.236 e. The van der Waals surface area contributed by atoms with Gasteiger partial charge in [-0.25, -0.2) is 13.8 Å². The molecule has 0 fully saturated rings. The third-order valence-corrected chi connectivity index (χ3v) is 3.96. The van der Waals surface area contributed by atoms with Gasteiger partial charge in [0.1, 0.15) is 22.6 Å². The Bertz CT molecular complexity index is 921. The smallest absolute Gasteiger partial charge is 0.236 e. The molecule has 0 saturated heterocycles. The average Bonchev–Trinajstić information content (AvgIpc) is 3.02. The number of fused-ring (bicyclic) bond motifs is 1. The highest BCUT2D eigenvalue weighted by Gasteiger charge is 2.25. The quantitative estimate of drug-likeness (QED) is 0.479. The van der Waals surface area contributed by atoms with Gasteiger partial charge in [0.25, 0.3) is 0 Å². The summed E-state index contributed by atoms with van der Waals surface area (Å²) in [7, 11) is 0. The fraction of sp³-hybridized carbons (Fsp3) is 0.111. The van der Waals surface area contributed by atoms with Crippen LogP contribution in [0.25, 0.3) is 16.9 Å². The summed E-state index contributed by atoms with van der Waals surface area (Å²) in [4.78, 5) is 10.1. The topological polar surface area (TPSA) is 33.4 Å². The molecule has 0 saturated carbocycles. The number of benzene rings is 1. The second-order valence-electron chi connectivity index (χ2n) is 5.28. The zero-order valence-electron chi connectivity index (χ0n) is 13.3. The van der Waals surface area contributed by atoms with Gasteiger partial charge in [-0.15, -0.1) is 13.2 Å². The van der Waals surface area contributed by atoms with Crippen molar-refractivity contribution in [2.45, 2.75) is 0 Å². The molecule has 4 nitrogen and oxygen atoms in total. The summed E-state index contributed by atoms with van der Waals surface area (Å²) in [5.41, 5.74) is -0.0739. The molecule has 0 aliphatic rings. The summed E-state index contributed by atoms with van der Waals surface area (Å²) < 4.78 is 30.5. The fourth-order valence-corrected chi connectivity index (χ4v) is 2.98. The van der Waals surface area contributed by atoms with Crippen molar-refractivity contribution < 1.29 is 8.78 Å². The van der Waals surface area contributed by atoms with Crippen molar-refractivity contribution in [2.24, 2.45) is 0 Å². The first-order chi connectivity index (χ1) is 12.1. The van der Waals surface area contributed by atoms with Crippen molar-refractivity contribution in [1.29, 1.82) is 0 Å². The lowest BCUT2D eigenvalue weighted by Crippen LogP contribution is -2.26. The molecule has 25 heavy (non-hydrogen) atoms. The van der Waals surface area contributed by atoms with Gasteiger partial charge in [0.15, 0.2) is 0 Å². The third kappa shape index (κ3) is 3.00. The molecule has 0 bridgehead atoms. The predicted octanol–water partition coefficient (Wildman–Crippen LogP) is 4.51. The summed E-state index contributed by atoms with van der Waals surface area (Å²) in [5, 5.41) is -0.0316. The fourth-order valence-electron chi connectivity index (χ4n) is 2.72. The van der Waals surface area contributed by atoms with Gasteiger partial charge in [0.2, 0.25) is 5.78 Å². The summed E-state index contributed by atoms with van der Waals surface area (Å²) in [6.45, 7) is 8.32. The van der Waals surface area contributed by atoms with Gasteiger partial charge in [-0.3, -0.25) is 4.40 Å². The minimum Gasteiger partial charge on any atom is -0.350 e. The standard InChI is InChI=1S/C18H15ClF2N4/c1-3-9-24(10-4-2)17-15(14-12(20)6-5-7-13(14)21)16(19)23-18-22-8-11-25(17)18/h3-8,11H,1-2,9-10H2. The van der Waals surface area contributed by atoms with Gasteiger partial charge in [-0.1, -0.05) is 29.8 Å². The Morgan fingerprint density at radius 2 is 1.76 bits per heavy atom. The number of anilines is 1. The highest BCUT2D eigenvalue weighted by Crippen LogP contribution is 2.39. The number of hydrogen-bond donors (Lipinski definition) is 0. The molecule has 2 heterocycles. The minimum atomic E-state index is -0.721. The number of halogens is 3. The van der Waals surface area contributed by atoms with Crippen LogP contribution in [0, 0.1) is 11.6 Å². The van der Waals surface area contributed by atoms with Crippen molar-refractivity contribution in [1.82, 2.24) is 14.4 Å². The van der Waals surface area contributed by atoms with Crippen LogP contribution in [0.1, 0.15) is 0 Å². The van der Waals surface area contributed by atoms with Crippen LogP contribution in [-0.4, -0.2) is 27.5 Å². The molecule has 0 atom stereocenters. The van der Waals surface area contributed by atoms with E-state index in [0.29, 0.717) is 24.7 Å². The highest BCUT2D eigenvalue weighted by atomic mass is 35.5. The third-order valence-electron chi connectivity index (χ3n) is 3.69. The van der Waals surface area contributed by atoms with Gasteiger partial charge >= 0.3 is 0 Å². The Morgan fingerprint density at radius 1 is 1.12 bits per heavy atom. The van der Waals surface area contributed by atoms with Gasteiger partial charge in [0, 0.05) is 25.5 Å². The van der Waals surface area contributed by atoms with E-state index in [9.17, 15) is 8.78 Å². The minimum absolute atomic E-state index is 0.0316. The van der Waals surface area contributed by atoms with E-state index in [1.54, 1.807) is 28.9 Å². The molecule has 1 aromatic carbocycles.